The van der Waals surface area contributed by atoms with Crippen molar-refractivity contribution in [2.75, 3.05) is 6.54 Å². The Hall–Kier alpha value is -1.11. The molecule has 0 aliphatic rings. The second-order valence-corrected chi connectivity index (χ2v) is 6.28. The number of aromatic nitrogens is 1. The number of nitrogens with zero attached hydrogens (tertiary/aromatic N) is 2. The Kier molecular flexibility index (Phi) is 4.72. The van der Waals surface area contributed by atoms with E-state index in [-0.39, 0.29) is 24.1 Å². The lowest BCUT2D eigenvalue weighted by Gasteiger charge is -2.23. The molecule has 1 aromatic heterocycles. The maximum atomic E-state index is 12.4. The zero-order valence-electron chi connectivity index (χ0n) is 11.0. The fourth-order valence-electron chi connectivity index (χ4n) is 1.72. The lowest BCUT2D eigenvalue weighted by Crippen LogP contribution is -2.36. The molecule has 5 nitrogen and oxygen atoms in total. The van der Waals surface area contributed by atoms with Crippen molar-refractivity contribution in [2.24, 2.45) is 7.05 Å². The summed E-state index contributed by atoms with van der Waals surface area (Å²) in [6, 6.07) is 1.35. The maximum Gasteiger partial charge on any atom is 0.245 e. The van der Waals surface area contributed by atoms with E-state index in [4.69, 9.17) is 5.11 Å². The Labute approximate surface area is 108 Å². The van der Waals surface area contributed by atoms with Gasteiger partial charge < -0.3 is 9.67 Å². The molecule has 0 aromatic carbocycles. The lowest BCUT2D eigenvalue weighted by molar-refractivity contribution is 0.272. The van der Waals surface area contributed by atoms with Crippen molar-refractivity contribution < 1.29 is 13.5 Å². The Balaban J connectivity index is 3.21. The van der Waals surface area contributed by atoms with E-state index in [0.717, 1.165) is 0 Å². The van der Waals surface area contributed by atoms with Crippen molar-refractivity contribution in [3.05, 3.63) is 30.6 Å². The maximum absolute atomic E-state index is 12.4. The molecule has 18 heavy (non-hydrogen) atoms. The first-order valence-electron chi connectivity index (χ1n) is 5.73. The Morgan fingerprint density at radius 1 is 1.56 bits per heavy atom. The summed E-state index contributed by atoms with van der Waals surface area (Å²) >= 11 is 0. The number of aliphatic hydroxyl groups is 1. The van der Waals surface area contributed by atoms with Gasteiger partial charge in [0, 0.05) is 31.5 Å². The summed E-state index contributed by atoms with van der Waals surface area (Å²) in [6.45, 7) is 7.29. The van der Waals surface area contributed by atoms with Crippen molar-refractivity contribution in [3.8, 4) is 0 Å². The topological polar surface area (TPSA) is 62.5 Å². The van der Waals surface area contributed by atoms with Gasteiger partial charge in [-0.15, -0.1) is 6.58 Å². The Morgan fingerprint density at radius 2 is 2.17 bits per heavy atom. The van der Waals surface area contributed by atoms with Gasteiger partial charge in [-0.2, -0.15) is 4.31 Å². The minimum absolute atomic E-state index is 0.147. The van der Waals surface area contributed by atoms with E-state index in [0.29, 0.717) is 5.69 Å². The van der Waals surface area contributed by atoms with Crippen LogP contribution >= 0.6 is 0 Å². The third-order valence-corrected chi connectivity index (χ3v) is 4.74. The van der Waals surface area contributed by atoms with Gasteiger partial charge in [-0.1, -0.05) is 6.08 Å². The van der Waals surface area contributed by atoms with Crippen molar-refractivity contribution in [3.63, 3.8) is 0 Å². The molecular weight excluding hydrogens is 252 g/mol. The van der Waals surface area contributed by atoms with E-state index in [1.54, 1.807) is 17.7 Å². The van der Waals surface area contributed by atoms with E-state index >= 15 is 0 Å². The van der Waals surface area contributed by atoms with Crippen LogP contribution < -0.4 is 0 Å². The average molecular weight is 272 g/mol. The standard InChI is InChI=1S/C12H20N2O3S/c1-5-6-14(10(2)3)18(16,17)12-7-11(9-15)13(4)8-12/h5,7-8,10,15H,1,6,9H2,2-4H3. The quantitative estimate of drug-likeness (QED) is 0.789. The van der Waals surface area contributed by atoms with Crippen LogP contribution in [0.5, 0.6) is 0 Å². The number of aryl methyl sites for hydroxylation is 1. The van der Waals surface area contributed by atoms with E-state index in [2.05, 4.69) is 6.58 Å². The number of hydrogen-bond acceptors (Lipinski definition) is 3. The molecule has 0 aliphatic heterocycles. The highest BCUT2D eigenvalue weighted by Crippen LogP contribution is 2.20. The van der Waals surface area contributed by atoms with E-state index in [1.165, 1.54) is 16.6 Å². The second-order valence-electron chi connectivity index (χ2n) is 4.39. The lowest BCUT2D eigenvalue weighted by atomic mass is 10.4. The van der Waals surface area contributed by atoms with Gasteiger partial charge >= 0.3 is 0 Å². The molecule has 0 fully saturated rings. The van der Waals surface area contributed by atoms with Gasteiger partial charge in [0.1, 0.15) is 4.90 Å². The Bertz CT molecular complexity index is 517. The van der Waals surface area contributed by atoms with E-state index in [1.807, 2.05) is 13.8 Å². The molecule has 0 aliphatic carbocycles. The van der Waals surface area contributed by atoms with Crippen LogP contribution in [0.25, 0.3) is 0 Å². The van der Waals surface area contributed by atoms with Gasteiger partial charge in [0.15, 0.2) is 0 Å². The first-order chi connectivity index (χ1) is 8.34. The molecule has 0 spiro atoms. The van der Waals surface area contributed by atoms with Crippen LogP contribution in [0, 0.1) is 0 Å². The van der Waals surface area contributed by atoms with Gasteiger partial charge in [-0.05, 0) is 19.9 Å². The highest BCUT2D eigenvalue weighted by molar-refractivity contribution is 7.89. The zero-order chi connectivity index (χ0) is 13.9. The summed E-state index contributed by atoms with van der Waals surface area (Å²) in [4.78, 5) is 0.199. The fraction of sp³-hybridized carbons (Fsp3) is 0.500. The van der Waals surface area contributed by atoms with E-state index < -0.39 is 10.0 Å². The van der Waals surface area contributed by atoms with Crippen LogP contribution in [0.3, 0.4) is 0 Å². The highest BCUT2D eigenvalue weighted by atomic mass is 32.2. The summed E-state index contributed by atoms with van der Waals surface area (Å²) < 4.78 is 27.8. The summed E-state index contributed by atoms with van der Waals surface area (Å²) in [5.74, 6) is 0. The molecule has 0 saturated carbocycles. The molecule has 6 heteroatoms. The van der Waals surface area contributed by atoms with Gasteiger partial charge in [-0.25, -0.2) is 8.42 Å². The van der Waals surface area contributed by atoms with Gasteiger partial charge in [0.05, 0.1) is 6.61 Å². The number of rotatable bonds is 6. The number of aliphatic hydroxyl groups excluding tert-OH is 1. The summed E-state index contributed by atoms with van der Waals surface area (Å²) in [5.41, 5.74) is 0.566. The van der Waals surface area contributed by atoms with Crippen molar-refractivity contribution >= 4 is 10.0 Å². The van der Waals surface area contributed by atoms with Crippen molar-refractivity contribution in [2.45, 2.75) is 31.4 Å². The number of hydrogen-bond donors (Lipinski definition) is 1. The molecule has 1 rings (SSSR count). The molecular formula is C12H20N2O3S. The molecule has 0 saturated heterocycles. The van der Waals surface area contributed by atoms with Crippen LogP contribution in [0.4, 0.5) is 0 Å². The van der Waals surface area contributed by atoms with Crippen molar-refractivity contribution in [1.29, 1.82) is 0 Å². The molecule has 0 amide bonds. The molecule has 0 unspecified atom stereocenters. The summed E-state index contributed by atoms with van der Waals surface area (Å²) in [6.07, 6.45) is 3.08. The largest absolute Gasteiger partial charge is 0.390 e. The minimum Gasteiger partial charge on any atom is -0.390 e. The molecule has 0 atom stereocenters. The predicted molar refractivity (Wildman–Crippen MR) is 70.6 cm³/mol. The second kappa shape index (κ2) is 5.69. The highest BCUT2D eigenvalue weighted by Gasteiger charge is 2.27. The average Bonchev–Trinajstić information content (AvgIpc) is 2.67. The third kappa shape index (κ3) is 2.82. The normalized spacial score (nSPS) is 12.3. The number of sulfonamides is 1. The fourth-order valence-corrected chi connectivity index (χ4v) is 3.43. The van der Waals surface area contributed by atoms with Crippen LogP contribution in [0.1, 0.15) is 19.5 Å². The monoisotopic (exact) mass is 272 g/mol. The van der Waals surface area contributed by atoms with Gasteiger partial charge in [0.25, 0.3) is 0 Å². The SMILES string of the molecule is C=CCN(C(C)C)S(=O)(=O)c1cc(CO)n(C)c1. The van der Waals surface area contributed by atoms with Crippen LogP contribution in [0.15, 0.2) is 29.8 Å². The van der Waals surface area contributed by atoms with Gasteiger partial charge in [-0.3, -0.25) is 0 Å². The van der Waals surface area contributed by atoms with E-state index in [9.17, 15) is 8.42 Å². The van der Waals surface area contributed by atoms with Crippen molar-refractivity contribution in [1.82, 2.24) is 8.87 Å². The first-order valence-corrected chi connectivity index (χ1v) is 7.17. The molecule has 0 bridgehead atoms. The molecule has 102 valence electrons. The smallest absolute Gasteiger partial charge is 0.245 e. The third-order valence-electron chi connectivity index (χ3n) is 2.74. The summed E-state index contributed by atoms with van der Waals surface area (Å²) in [7, 11) is -1.84. The molecule has 1 heterocycles. The first kappa shape index (κ1) is 14.9. The predicted octanol–water partition coefficient (Wildman–Crippen LogP) is 1.10. The van der Waals surface area contributed by atoms with Gasteiger partial charge in [0.2, 0.25) is 10.0 Å². The van der Waals surface area contributed by atoms with Crippen LogP contribution in [-0.4, -0.2) is 35.0 Å². The molecule has 1 aromatic rings. The minimum atomic E-state index is -3.54. The molecule has 1 N–H and O–H groups in total. The van der Waals surface area contributed by atoms with Crippen LogP contribution in [0.2, 0.25) is 0 Å². The Morgan fingerprint density at radius 3 is 2.56 bits per heavy atom. The molecule has 0 radical (unpaired) electrons. The van der Waals surface area contributed by atoms with Crippen LogP contribution in [-0.2, 0) is 23.7 Å². The summed E-state index contributed by atoms with van der Waals surface area (Å²) in [5, 5.41) is 9.10. The zero-order valence-corrected chi connectivity index (χ0v) is 11.8.